The molecule has 5 rings (SSSR count). The van der Waals surface area contributed by atoms with Gasteiger partial charge in [-0.25, -0.2) is 9.97 Å². The fraction of sp³-hybridized carbons (Fsp3) is 0.429. The van der Waals surface area contributed by atoms with Crippen LogP contribution in [0, 0.1) is 0 Å². The average molecular weight is 444 g/mol. The van der Waals surface area contributed by atoms with Crippen molar-refractivity contribution in [2.24, 2.45) is 7.05 Å². The molecular weight excluding hydrogens is 422 g/mol. The lowest BCUT2D eigenvalue weighted by atomic mass is 10.2. The zero-order valence-electron chi connectivity index (χ0n) is 16.6. The van der Waals surface area contributed by atoms with Crippen LogP contribution in [0.4, 0.5) is 5.13 Å². The molecule has 9 heteroatoms. The molecule has 0 bridgehead atoms. The molecule has 2 fully saturated rings. The highest BCUT2D eigenvalue weighted by Gasteiger charge is 2.46. The van der Waals surface area contributed by atoms with Crippen molar-refractivity contribution in [1.82, 2.24) is 19.9 Å². The number of rotatable bonds is 5. The molecule has 1 amide bonds. The first kappa shape index (κ1) is 19.5. The van der Waals surface area contributed by atoms with Gasteiger partial charge >= 0.3 is 0 Å². The minimum atomic E-state index is -0.528. The predicted octanol–water partition coefficient (Wildman–Crippen LogP) is 2.90. The highest BCUT2D eigenvalue weighted by atomic mass is 35.5. The monoisotopic (exact) mass is 443 g/mol. The summed E-state index contributed by atoms with van der Waals surface area (Å²) in [4.78, 5) is 37.0. The number of nitrogens with one attached hydrogen (secondary N) is 1. The normalized spacial score (nSPS) is 19.9. The topological polar surface area (TPSA) is 80.1 Å². The van der Waals surface area contributed by atoms with E-state index < -0.39 is 4.87 Å². The fourth-order valence-electron chi connectivity index (χ4n) is 3.97. The molecule has 1 atom stereocenters. The molecular formula is C21H22ClN5O2S. The lowest BCUT2D eigenvalue weighted by molar-refractivity contribution is -0.122. The van der Waals surface area contributed by atoms with E-state index in [-0.39, 0.29) is 17.5 Å². The summed E-state index contributed by atoms with van der Waals surface area (Å²) in [6.45, 7) is 1.23. The Balaban J connectivity index is 1.40. The van der Waals surface area contributed by atoms with Crippen molar-refractivity contribution in [3.8, 4) is 0 Å². The van der Waals surface area contributed by atoms with Crippen molar-refractivity contribution >= 4 is 44.3 Å². The molecule has 1 aliphatic heterocycles. The molecule has 3 heterocycles. The number of carbonyl (C=O) groups is 1. The molecule has 0 unspecified atom stereocenters. The van der Waals surface area contributed by atoms with E-state index in [1.165, 1.54) is 15.9 Å². The summed E-state index contributed by atoms with van der Waals surface area (Å²) in [5.74, 6) is 0.588. The molecule has 2 aliphatic rings. The Bertz CT molecular complexity index is 1170. The minimum Gasteiger partial charge on any atom is -0.350 e. The largest absolute Gasteiger partial charge is 0.350 e. The number of benzene rings is 1. The Morgan fingerprint density at radius 2 is 2.07 bits per heavy atom. The van der Waals surface area contributed by atoms with Crippen molar-refractivity contribution < 1.29 is 4.79 Å². The van der Waals surface area contributed by atoms with Gasteiger partial charge in [-0.1, -0.05) is 41.7 Å². The summed E-state index contributed by atoms with van der Waals surface area (Å²) < 4.78 is 1.51. The second-order valence-electron chi connectivity index (χ2n) is 7.97. The van der Waals surface area contributed by atoms with E-state index in [4.69, 9.17) is 11.6 Å². The van der Waals surface area contributed by atoms with Crippen LogP contribution in [0.5, 0.6) is 0 Å². The van der Waals surface area contributed by atoms with Gasteiger partial charge in [-0.05, 0) is 31.2 Å². The molecule has 2 aromatic heterocycles. The number of aromatic nitrogens is 3. The molecule has 1 aliphatic carbocycles. The van der Waals surface area contributed by atoms with Crippen LogP contribution >= 0.6 is 22.9 Å². The maximum atomic E-state index is 12.9. The van der Waals surface area contributed by atoms with Crippen LogP contribution in [-0.4, -0.2) is 33.0 Å². The first-order chi connectivity index (χ1) is 14.5. The molecule has 3 aromatic rings. The quantitative estimate of drug-likeness (QED) is 0.613. The lowest BCUT2D eigenvalue weighted by Crippen LogP contribution is -2.43. The number of carbonyl (C=O) groups excluding carboxylic acids is 1. The minimum absolute atomic E-state index is 0.0187. The predicted molar refractivity (Wildman–Crippen MR) is 118 cm³/mol. The Morgan fingerprint density at radius 1 is 1.30 bits per heavy atom. The molecule has 156 valence electrons. The van der Waals surface area contributed by atoms with Crippen LogP contribution in [0.15, 0.2) is 35.1 Å². The third-order valence-corrected chi connectivity index (χ3v) is 7.36. The third-order valence-electron chi connectivity index (χ3n) is 5.83. The Kier molecular flexibility index (Phi) is 4.78. The van der Waals surface area contributed by atoms with Gasteiger partial charge < -0.3 is 10.2 Å². The Hall–Kier alpha value is -2.45. The van der Waals surface area contributed by atoms with Crippen LogP contribution in [0.2, 0.25) is 0 Å². The number of amides is 1. The van der Waals surface area contributed by atoms with Gasteiger partial charge in [0.15, 0.2) is 15.5 Å². The fourth-order valence-corrected chi connectivity index (χ4v) is 5.24. The van der Waals surface area contributed by atoms with E-state index in [1.807, 2.05) is 35.2 Å². The number of fused-ring (bicyclic) bond motifs is 1. The molecule has 1 N–H and O–H groups in total. The van der Waals surface area contributed by atoms with Crippen LogP contribution < -0.4 is 15.8 Å². The number of alkyl halides is 1. The average Bonchev–Trinajstić information content (AvgIpc) is 3.17. The van der Waals surface area contributed by atoms with E-state index in [0.717, 1.165) is 37.8 Å². The van der Waals surface area contributed by atoms with Gasteiger partial charge in [0.25, 0.3) is 5.56 Å². The highest BCUT2D eigenvalue weighted by Crippen LogP contribution is 2.51. The SMILES string of the molecule is Cn1c(C2(Cl)CC2)nc2sc(N3CCC[C@@H]3C(=O)NCc3ccccc3)nc2c1=O. The van der Waals surface area contributed by atoms with Crippen molar-refractivity contribution in [1.29, 1.82) is 0 Å². The number of hydrogen-bond acceptors (Lipinski definition) is 6. The van der Waals surface area contributed by atoms with Crippen molar-refractivity contribution in [2.75, 3.05) is 11.4 Å². The van der Waals surface area contributed by atoms with Gasteiger partial charge in [0.1, 0.15) is 16.7 Å². The Morgan fingerprint density at radius 3 is 2.80 bits per heavy atom. The second kappa shape index (κ2) is 7.35. The van der Waals surface area contributed by atoms with E-state index >= 15 is 0 Å². The van der Waals surface area contributed by atoms with Crippen molar-refractivity contribution in [3.05, 3.63) is 52.1 Å². The standard InChI is InChI=1S/C21H22ClN5O2S/c1-26-18(29)15-17(25-19(26)21(22)9-10-21)30-20(24-15)27-11-5-8-14(27)16(28)23-12-13-6-3-2-4-7-13/h2-4,6-7,14H,5,8-12H2,1H3,(H,23,28)/t14-/m1/s1. The van der Waals surface area contributed by atoms with Gasteiger partial charge in [-0.15, -0.1) is 11.6 Å². The maximum absolute atomic E-state index is 12.9. The van der Waals surface area contributed by atoms with Gasteiger partial charge in [0, 0.05) is 20.1 Å². The summed E-state index contributed by atoms with van der Waals surface area (Å²) in [6, 6.07) is 9.56. The summed E-state index contributed by atoms with van der Waals surface area (Å²) in [5.41, 5.74) is 1.22. The third kappa shape index (κ3) is 3.37. The van der Waals surface area contributed by atoms with E-state index in [1.54, 1.807) is 7.05 Å². The summed E-state index contributed by atoms with van der Waals surface area (Å²) in [6.07, 6.45) is 3.31. The highest BCUT2D eigenvalue weighted by molar-refractivity contribution is 7.21. The molecule has 30 heavy (non-hydrogen) atoms. The van der Waals surface area contributed by atoms with Crippen molar-refractivity contribution in [3.63, 3.8) is 0 Å². The van der Waals surface area contributed by atoms with Crippen molar-refractivity contribution in [2.45, 2.75) is 43.1 Å². The van der Waals surface area contributed by atoms with Gasteiger partial charge in [-0.3, -0.25) is 14.2 Å². The van der Waals surface area contributed by atoms with Crippen LogP contribution in [0.25, 0.3) is 10.3 Å². The number of thiazole rings is 1. The molecule has 0 radical (unpaired) electrons. The van der Waals surface area contributed by atoms with Gasteiger partial charge in [0.2, 0.25) is 5.91 Å². The second-order valence-corrected chi connectivity index (χ2v) is 9.65. The molecule has 1 saturated carbocycles. The lowest BCUT2D eigenvalue weighted by Gasteiger charge is -2.23. The molecule has 0 spiro atoms. The van der Waals surface area contributed by atoms with E-state index in [2.05, 4.69) is 15.3 Å². The molecule has 7 nitrogen and oxygen atoms in total. The first-order valence-corrected chi connectivity index (χ1v) is 11.3. The van der Waals surface area contributed by atoms with Crippen LogP contribution in [-0.2, 0) is 23.3 Å². The Labute approximate surface area is 182 Å². The number of halogens is 1. The zero-order chi connectivity index (χ0) is 20.9. The maximum Gasteiger partial charge on any atom is 0.280 e. The number of nitrogens with zero attached hydrogens (tertiary/aromatic N) is 4. The number of hydrogen-bond donors (Lipinski definition) is 1. The number of anilines is 1. The van der Waals surface area contributed by atoms with E-state index in [0.29, 0.717) is 27.8 Å². The smallest absolute Gasteiger partial charge is 0.280 e. The van der Waals surface area contributed by atoms with E-state index in [9.17, 15) is 9.59 Å². The summed E-state index contributed by atoms with van der Waals surface area (Å²) >= 11 is 7.89. The zero-order valence-corrected chi connectivity index (χ0v) is 18.2. The molecule has 1 saturated heterocycles. The van der Waals surface area contributed by atoms with Crippen LogP contribution in [0.1, 0.15) is 37.1 Å². The van der Waals surface area contributed by atoms with Gasteiger partial charge in [0.05, 0.1) is 0 Å². The van der Waals surface area contributed by atoms with Gasteiger partial charge in [-0.2, -0.15) is 0 Å². The van der Waals surface area contributed by atoms with Crippen LogP contribution in [0.3, 0.4) is 0 Å². The summed E-state index contributed by atoms with van der Waals surface area (Å²) in [5, 5.41) is 3.70. The first-order valence-electron chi connectivity index (χ1n) is 10.1. The summed E-state index contributed by atoms with van der Waals surface area (Å²) in [7, 11) is 1.70. The molecule has 1 aromatic carbocycles.